The lowest BCUT2D eigenvalue weighted by Crippen LogP contribution is -2.33. The second kappa shape index (κ2) is 5.61. The number of imide groups is 1. The molecule has 2 aliphatic heterocycles. The Morgan fingerprint density at radius 3 is 2.33 bits per heavy atom. The number of aryl methyl sites for hydroxylation is 1. The van der Waals surface area contributed by atoms with Crippen molar-refractivity contribution in [1.29, 1.82) is 0 Å². The Morgan fingerprint density at radius 2 is 1.67 bits per heavy atom. The standard InChI is InChI=1S/C18H15ClN2O3/c1-10-2-4-11(5-3-10)15-14-16(18(23)20-17(14)22)24-21(15)13-8-6-12(19)7-9-13/h2-9,14-16H,1H3,(H,20,22,23)/t14-,15+,16-/m0/s1. The van der Waals surface area contributed by atoms with Crippen LogP contribution in [-0.2, 0) is 14.4 Å². The lowest BCUT2D eigenvalue weighted by atomic mass is 9.90. The van der Waals surface area contributed by atoms with E-state index in [1.807, 2.05) is 43.3 Å². The van der Waals surface area contributed by atoms with Crippen LogP contribution < -0.4 is 10.4 Å². The molecule has 2 heterocycles. The predicted molar refractivity (Wildman–Crippen MR) is 89.4 cm³/mol. The van der Waals surface area contributed by atoms with Crippen molar-refractivity contribution in [2.75, 3.05) is 5.06 Å². The van der Waals surface area contributed by atoms with Gasteiger partial charge in [0, 0.05) is 5.02 Å². The van der Waals surface area contributed by atoms with Crippen molar-refractivity contribution in [3.8, 4) is 0 Å². The van der Waals surface area contributed by atoms with Gasteiger partial charge in [0.05, 0.1) is 11.7 Å². The maximum absolute atomic E-state index is 12.3. The number of carbonyl (C=O) groups excluding carboxylic acids is 2. The van der Waals surface area contributed by atoms with Crippen LogP contribution in [0.15, 0.2) is 48.5 Å². The Hall–Kier alpha value is -2.37. The van der Waals surface area contributed by atoms with Crippen LogP contribution in [0.3, 0.4) is 0 Å². The SMILES string of the molecule is Cc1ccc([C@@H]2[C@@H]3C(=O)NC(=O)[C@H]3ON2c2ccc(Cl)cc2)cc1. The number of nitrogens with one attached hydrogen (secondary N) is 1. The van der Waals surface area contributed by atoms with Crippen molar-refractivity contribution in [2.24, 2.45) is 5.92 Å². The predicted octanol–water partition coefficient (Wildman–Crippen LogP) is 2.78. The minimum atomic E-state index is -0.806. The van der Waals surface area contributed by atoms with Crippen LogP contribution in [0.2, 0.25) is 5.02 Å². The molecule has 0 aliphatic carbocycles. The van der Waals surface area contributed by atoms with Crippen molar-refractivity contribution in [1.82, 2.24) is 5.32 Å². The summed E-state index contributed by atoms with van der Waals surface area (Å²) in [4.78, 5) is 30.2. The summed E-state index contributed by atoms with van der Waals surface area (Å²) < 4.78 is 0. The number of hydrogen-bond donors (Lipinski definition) is 1. The molecule has 0 bridgehead atoms. The van der Waals surface area contributed by atoms with Crippen LogP contribution in [0, 0.1) is 12.8 Å². The summed E-state index contributed by atoms with van der Waals surface area (Å²) >= 11 is 5.95. The molecule has 1 N–H and O–H groups in total. The van der Waals surface area contributed by atoms with E-state index in [-0.39, 0.29) is 11.9 Å². The molecule has 0 saturated carbocycles. The molecule has 0 unspecified atom stereocenters. The first kappa shape index (κ1) is 15.2. The van der Waals surface area contributed by atoms with E-state index >= 15 is 0 Å². The van der Waals surface area contributed by atoms with Gasteiger partial charge in [0.25, 0.3) is 5.91 Å². The average Bonchev–Trinajstić information content (AvgIpc) is 3.08. The quantitative estimate of drug-likeness (QED) is 0.853. The molecule has 2 aromatic rings. The largest absolute Gasteiger partial charge is 0.294 e. The summed E-state index contributed by atoms with van der Waals surface area (Å²) in [7, 11) is 0. The fraction of sp³-hybridized carbons (Fsp3) is 0.222. The zero-order valence-corrected chi connectivity index (χ0v) is 13.7. The first-order valence-electron chi connectivity index (χ1n) is 7.67. The van der Waals surface area contributed by atoms with Gasteiger partial charge in [0.15, 0.2) is 6.10 Å². The van der Waals surface area contributed by atoms with Crippen LogP contribution in [0.25, 0.3) is 0 Å². The van der Waals surface area contributed by atoms with Gasteiger partial charge in [-0.1, -0.05) is 41.4 Å². The van der Waals surface area contributed by atoms with E-state index in [9.17, 15) is 9.59 Å². The maximum atomic E-state index is 12.3. The molecule has 5 nitrogen and oxygen atoms in total. The first-order chi connectivity index (χ1) is 11.5. The highest BCUT2D eigenvalue weighted by Crippen LogP contribution is 2.44. The van der Waals surface area contributed by atoms with E-state index in [4.69, 9.17) is 16.4 Å². The molecule has 2 aromatic carbocycles. The molecule has 6 heteroatoms. The number of halogens is 1. The van der Waals surface area contributed by atoms with Crippen molar-refractivity contribution in [3.63, 3.8) is 0 Å². The zero-order chi connectivity index (χ0) is 16.8. The van der Waals surface area contributed by atoms with E-state index in [0.29, 0.717) is 5.02 Å². The third-order valence-corrected chi connectivity index (χ3v) is 4.71. The van der Waals surface area contributed by atoms with E-state index in [1.165, 1.54) is 0 Å². The van der Waals surface area contributed by atoms with E-state index in [0.717, 1.165) is 16.8 Å². The lowest BCUT2D eigenvalue weighted by Gasteiger charge is -2.27. The minimum absolute atomic E-state index is 0.299. The van der Waals surface area contributed by atoms with Gasteiger partial charge in [0.2, 0.25) is 5.91 Å². The fourth-order valence-electron chi connectivity index (χ4n) is 3.25. The summed E-state index contributed by atoms with van der Waals surface area (Å²) in [5.41, 5.74) is 2.80. The first-order valence-corrected chi connectivity index (χ1v) is 8.05. The normalized spacial score (nSPS) is 25.8. The Morgan fingerprint density at radius 1 is 1.00 bits per heavy atom. The molecule has 2 saturated heterocycles. The van der Waals surface area contributed by atoms with Crippen LogP contribution in [0.4, 0.5) is 5.69 Å². The van der Waals surface area contributed by atoms with Gasteiger partial charge in [-0.05, 0) is 36.8 Å². The average molecular weight is 343 g/mol. The van der Waals surface area contributed by atoms with Crippen molar-refractivity contribution >= 4 is 29.1 Å². The molecule has 0 spiro atoms. The number of benzene rings is 2. The highest BCUT2D eigenvalue weighted by molar-refractivity contribution is 6.30. The topological polar surface area (TPSA) is 58.6 Å². The Bertz CT molecular complexity index is 804. The molecule has 2 fully saturated rings. The molecular formula is C18H15ClN2O3. The second-order valence-corrected chi connectivity index (χ2v) is 6.50. The number of nitrogens with zero attached hydrogens (tertiary/aromatic N) is 1. The Labute approximate surface area is 144 Å². The van der Waals surface area contributed by atoms with Gasteiger partial charge in [-0.15, -0.1) is 0 Å². The molecule has 2 amide bonds. The van der Waals surface area contributed by atoms with Gasteiger partial charge in [-0.2, -0.15) is 0 Å². The monoisotopic (exact) mass is 342 g/mol. The van der Waals surface area contributed by atoms with E-state index in [2.05, 4.69) is 5.32 Å². The van der Waals surface area contributed by atoms with Crippen molar-refractivity contribution < 1.29 is 14.4 Å². The number of rotatable bonds is 2. The maximum Gasteiger partial charge on any atom is 0.259 e. The number of hydroxylamine groups is 1. The van der Waals surface area contributed by atoms with Crippen molar-refractivity contribution in [3.05, 3.63) is 64.7 Å². The molecule has 2 aliphatic rings. The number of carbonyl (C=O) groups is 2. The third-order valence-electron chi connectivity index (χ3n) is 4.45. The Balaban J connectivity index is 1.79. The molecule has 0 aromatic heterocycles. The van der Waals surface area contributed by atoms with Gasteiger partial charge >= 0.3 is 0 Å². The van der Waals surface area contributed by atoms with E-state index < -0.39 is 17.9 Å². The van der Waals surface area contributed by atoms with Crippen LogP contribution in [0.1, 0.15) is 17.2 Å². The zero-order valence-electron chi connectivity index (χ0n) is 12.9. The highest BCUT2D eigenvalue weighted by atomic mass is 35.5. The third kappa shape index (κ3) is 2.37. The second-order valence-electron chi connectivity index (χ2n) is 6.06. The lowest BCUT2D eigenvalue weighted by molar-refractivity contribution is -0.129. The molecule has 0 radical (unpaired) electrons. The number of amides is 2. The van der Waals surface area contributed by atoms with Gasteiger partial charge in [0.1, 0.15) is 5.92 Å². The molecule has 122 valence electrons. The van der Waals surface area contributed by atoms with E-state index in [1.54, 1.807) is 17.2 Å². The van der Waals surface area contributed by atoms with Gasteiger partial charge in [-0.25, -0.2) is 5.06 Å². The molecular weight excluding hydrogens is 328 g/mol. The number of fused-ring (bicyclic) bond motifs is 1. The summed E-state index contributed by atoms with van der Waals surface area (Å²) in [6.45, 7) is 2.00. The summed E-state index contributed by atoms with van der Waals surface area (Å²) in [6, 6.07) is 14.7. The Kier molecular flexibility index (Phi) is 3.55. The molecule has 24 heavy (non-hydrogen) atoms. The summed E-state index contributed by atoms with van der Waals surface area (Å²) in [5.74, 6) is -1.26. The minimum Gasteiger partial charge on any atom is -0.294 e. The molecule has 4 rings (SSSR count). The van der Waals surface area contributed by atoms with Crippen molar-refractivity contribution in [2.45, 2.75) is 19.1 Å². The summed E-state index contributed by atoms with van der Waals surface area (Å²) in [5, 5.41) is 4.62. The number of hydrogen-bond acceptors (Lipinski definition) is 4. The van der Waals surface area contributed by atoms with Gasteiger partial charge in [-0.3, -0.25) is 19.7 Å². The van der Waals surface area contributed by atoms with Crippen LogP contribution >= 0.6 is 11.6 Å². The fourth-order valence-corrected chi connectivity index (χ4v) is 3.37. The van der Waals surface area contributed by atoms with Crippen LogP contribution in [-0.4, -0.2) is 17.9 Å². The molecule has 3 atom stereocenters. The summed E-state index contributed by atoms with van der Waals surface area (Å²) in [6.07, 6.45) is -0.806. The number of anilines is 1. The van der Waals surface area contributed by atoms with Gasteiger partial charge < -0.3 is 0 Å². The smallest absolute Gasteiger partial charge is 0.259 e. The highest BCUT2D eigenvalue weighted by Gasteiger charge is 2.56. The van der Waals surface area contributed by atoms with Crippen LogP contribution in [0.5, 0.6) is 0 Å².